The lowest BCUT2D eigenvalue weighted by Crippen LogP contribution is -1.96. The predicted octanol–water partition coefficient (Wildman–Crippen LogP) is 3.58. The van der Waals surface area contributed by atoms with E-state index in [2.05, 4.69) is 15.9 Å². The van der Waals surface area contributed by atoms with E-state index in [1.807, 2.05) is 36.4 Å². The Hall–Kier alpha value is -1.40. The van der Waals surface area contributed by atoms with Crippen LogP contribution in [0.4, 0.5) is 0 Å². The van der Waals surface area contributed by atoms with Gasteiger partial charge in [-0.2, -0.15) is 5.26 Å². The van der Waals surface area contributed by atoms with Crippen LogP contribution in [-0.4, -0.2) is 11.1 Å². The molecule has 1 aromatic carbocycles. The third-order valence-corrected chi connectivity index (χ3v) is 2.49. The second kappa shape index (κ2) is 6.97. The number of carbonyl (C=O) groups is 1. The normalized spacial score (nSPS) is 10.2. The zero-order chi connectivity index (χ0) is 11.8. The number of rotatable bonds is 5. The summed E-state index contributed by atoms with van der Waals surface area (Å²) in [5, 5.41) is 9.38. The minimum absolute atomic E-state index is 0.0609. The summed E-state index contributed by atoms with van der Waals surface area (Å²) in [7, 11) is 0. The van der Waals surface area contributed by atoms with E-state index in [-0.39, 0.29) is 12.2 Å². The van der Waals surface area contributed by atoms with Gasteiger partial charge in [-0.3, -0.25) is 4.79 Å². The Morgan fingerprint density at radius 1 is 1.50 bits per heavy atom. The van der Waals surface area contributed by atoms with Crippen molar-refractivity contribution < 1.29 is 4.79 Å². The molecule has 2 nitrogen and oxygen atoms in total. The van der Waals surface area contributed by atoms with E-state index in [0.717, 1.165) is 17.3 Å². The Morgan fingerprint density at radius 2 is 2.31 bits per heavy atom. The molecule has 0 amide bonds. The van der Waals surface area contributed by atoms with Gasteiger partial charge in [0.05, 0.1) is 12.5 Å². The van der Waals surface area contributed by atoms with E-state index in [0.29, 0.717) is 5.56 Å². The molecule has 0 aliphatic carbocycles. The summed E-state index contributed by atoms with van der Waals surface area (Å²) in [5.74, 6) is -0.127. The summed E-state index contributed by atoms with van der Waals surface area (Å²) in [6.07, 6.45) is 4.91. The molecule has 0 aliphatic rings. The maximum Gasteiger partial charge on any atom is 0.176 e. The number of alkyl halides is 1. The number of carbonyl (C=O) groups excluding carboxylic acids is 1. The molecule has 0 spiro atoms. The molecule has 0 atom stereocenters. The number of benzene rings is 1. The van der Waals surface area contributed by atoms with Gasteiger partial charge in [-0.25, -0.2) is 0 Å². The molecule has 3 heteroatoms. The Bertz CT molecular complexity index is 432. The SMILES string of the molecule is N#CCC(=O)c1cccc(C=CCCBr)c1. The summed E-state index contributed by atoms with van der Waals surface area (Å²) in [6.45, 7) is 0. The number of nitrogens with zero attached hydrogens (tertiary/aromatic N) is 1. The van der Waals surface area contributed by atoms with Crippen LogP contribution < -0.4 is 0 Å². The van der Waals surface area contributed by atoms with Crippen molar-refractivity contribution in [1.82, 2.24) is 0 Å². The molecular weight excluding hydrogens is 266 g/mol. The minimum atomic E-state index is -0.127. The maximum atomic E-state index is 11.5. The van der Waals surface area contributed by atoms with Gasteiger partial charge in [-0.1, -0.05) is 46.3 Å². The van der Waals surface area contributed by atoms with Crippen LogP contribution in [0.3, 0.4) is 0 Å². The lowest BCUT2D eigenvalue weighted by atomic mass is 10.1. The van der Waals surface area contributed by atoms with E-state index >= 15 is 0 Å². The number of allylic oxidation sites excluding steroid dienone is 1. The van der Waals surface area contributed by atoms with Crippen LogP contribution in [0.25, 0.3) is 6.08 Å². The van der Waals surface area contributed by atoms with Gasteiger partial charge in [0, 0.05) is 10.9 Å². The zero-order valence-electron chi connectivity index (χ0n) is 8.82. The quantitative estimate of drug-likeness (QED) is 0.610. The van der Waals surface area contributed by atoms with Crippen molar-refractivity contribution in [2.24, 2.45) is 0 Å². The fourth-order valence-electron chi connectivity index (χ4n) is 1.27. The van der Waals surface area contributed by atoms with Crippen LogP contribution in [0.5, 0.6) is 0 Å². The van der Waals surface area contributed by atoms with Gasteiger partial charge < -0.3 is 0 Å². The monoisotopic (exact) mass is 277 g/mol. The van der Waals surface area contributed by atoms with E-state index in [9.17, 15) is 4.79 Å². The van der Waals surface area contributed by atoms with Crippen molar-refractivity contribution >= 4 is 27.8 Å². The summed E-state index contributed by atoms with van der Waals surface area (Å²) < 4.78 is 0. The summed E-state index contributed by atoms with van der Waals surface area (Å²) in [6, 6.07) is 9.18. The molecule has 0 saturated heterocycles. The molecule has 16 heavy (non-hydrogen) atoms. The molecule has 1 rings (SSSR count). The van der Waals surface area contributed by atoms with Crippen LogP contribution in [0.1, 0.15) is 28.8 Å². The van der Waals surface area contributed by atoms with Gasteiger partial charge in [-0.05, 0) is 18.1 Å². The second-order valence-electron chi connectivity index (χ2n) is 3.26. The molecule has 0 fully saturated rings. The van der Waals surface area contributed by atoms with Crippen molar-refractivity contribution in [3.05, 3.63) is 41.5 Å². The molecule has 82 valence electrons. The van der Waals surface area contributed by atoms with Gasteiger partial charge in [0.1, 0.15) is 0 Å². The first-order valence-electron chi connectivity index (χ1n) is 5.00. The molecule has 0 aliphatic heterocycles. The molecule has 0 radical (unpaired) electrons. The summed E-state index contributed by atoms with van der Waals surface area (Å²) in [4.78, 5) is 11.5. The molecule has 0 N–H and O–H groups in total. The van der Waals surface area contributed by atoms with Gasteiger partial charge in [0.15, 0.2) is 5.78 Å². The maximum absolute atomic E-state index is 11.5. The highest BCUT2D eigenvalue weighted by atomic mass is 79.9. The van der Waals surface area contributed by atoms with Crippen LogP contribution in [-0.2, 0) is 0 Å². The third-order valence-electron chi connectivity index (χ3n) is 2.03. The summed E-state index contributed by atoms with van der Waals surface area (Å²) in [5.41, 5.74) is 1.59. The Morgan fingerprint density at radius 3 is 3.00 bits per heavy atom. The number of ketones is 1. The van der Waals surface area contributed by atoms with Crippen molar-refractivity contribution in [2.75, 3.05) is 5.33 Å². The average molecular weight is 278 g/mol. The Kier molecular flexibility index (Phi) is 5.52. The number of hydrogen-bond donors (Lipinski definition) is 0. The largest absolute Gasteiger partial charge is 0.293 e. The lowest BCUT2D eigenvalue weighted by Gasteiger charge is -1.98. The van der Waals surface area contributed by atoms with Crippen molar-refractivity contribution in [2.45, 2.75) is 12.8 Å². The molecule has 0 saturated carbocycles. The molecule has 1 aromatic rings. The van der Waals surface area contributed by atoms with Crippen molar-refractivity contribution in [3.8, 4) is 6.07 Å². The topological polar surface area (TPSA) is 40.9 Å². The number of hydrogen-bond acceptors (Lipinski definition) is 2. The van der Waals surface area contributed by atoms with E-state index in [1.165, 1.54) is 0 Å². The summed E-state index contributed by atoms with van der Waals surface area (Å²) >= 11 is 3.34. The molecule has 0 bridgehead atoms. The lowest BCUT2D eigenvalue weighted by molar-refractivity contribution is 0.0997. The molecule has 0 unspecified atom stereocenters. The van der Waals surface area contributed by atoms with Gasteiger partial charge in [-0.15, -0.1) is 0 Å². The average Bonchev–Trinajstić information content (AvgIpc) is 2.30. The van der Waals surface area contributed by atoms with E-state index in [1.54, 1.807) is 6.07 Å². The Balaban J connectivity index is 2.79. The highest BCUT2D eigenvalue weighted by Crippen LogP contribution is 2.09. The number of Topliss-reactive ketones (excluding diaryl/α,β-unsaturated/α-hetero) is 1. The van der Waals surface area contributed by atoms with Crippen LogP contribution in [0.15, 0.2) is 30.3 Å². The third kappa shape index (κ3) is 4.00. The zero-order valence-corrected chi connectivity index (χ0v) is 10.4. The smallest absolute Gasteiger partial charge is 0.176 e. The van der Waals surface area contributed by atoms with Gasteiger partial charge in [0.25, 0.3) is 0 Å². The van der Waals surface area contributed by atoms with Crippen molar-refractivity contribution in [3.63, 3.8) is 0 Å². The standard InChI is InChI=1S/C13H12BrNO/c14-8-2-1-4-11-5-3-6-12(10-11)13(16)7-9-15/h1,3-6,10H,2,7-8H2. The molecule has 0 heterocycles. The highest BCUT2D eigenvalue weighted by Gasteiger charge is 2.04. The minimum Gasteiger partial charge on any atom is -0.293 e. The highest BCUT2D eigenvalue weighted by molar-refractivity contribution is 9.09. The van der Waals surface area contributed by atoms with E-state index < -0.39 is 0 Å². The van der Waals surface area contributed by atoms with Crippen LogP contribution in [0.2, 0.25) is 0 Å². The van der Waals surface area contributed by atoms with Crippen LogP contribution in [0, 0.1) is 11.3 Å². The first-order chi connectivity index (χ1) is 7.77. The van der Waals surface area contributed by atoms with Crippen molar-refractivity contribution in [1.29, 1.82) is 5.26 Å². The second-order valence-corrected chi connectivity index (χ2v) is 4.06. The number of halogens is 1. The number of nitriles is 1. The first-order valence-corrected chi connectivity index (χ1v) is 6.13. The van der Waals surface area contributed by atoms with Gasteiger partial charge in [0.2, 0.25) is 0 Å². The predicted molar refractivity (Wildman–Crippen MR) is 68.4 cm³/mol. The first kappa shape index (κ1) is 12.7. The fraction of sp³-hybridized carbons (Fsp3) is 0.231. The van der Waals surface area contributed by atoms with E-state index in [4.69, 9.17) is 5.26 Å². The molecule has 0 aromatic heterocycles. The molecular formula is C13H12BrNO. The Labute approximate surface area is 104 Å². The van der Waals surface area contributed by atoms with Gasteiger partial charge >= 0.3 is 0 Å². The van der Waals surface area contributed by atoms with Crippen LogP contribution >= 0.6 is 15.9 Å². The fourth-order valence-corrected chi connectivity index (χ4v) is 1.54.